The third-order valence-electron chi connectivity index (χ3n) is 3.85. The van der Waals surface area contributed by atoms with Crippen molar-refractivity contribution in [3.63, 3.8) is 0 Å². The lowest BCUT2D eigenvalue weighted by molar-refractivity contribution is -0.422. The van der Waals surface area contributed by atoms with E-state index in [4.69, 9.17) is 4.74 Å². The van der Waals surface area contributed by atoms with Crippen molar-refractivity contribution in [2.24, 2.45) is 0 Å². The van der Waals surface area contributed by atoms with Crippen molar-refractivity contribution >= 4 is 5.78 Å². The molecule has 4 rings (SSSR count). The van der Waals surface area contributed by atoms with Crippen LogP contribution in [0.3, 0.4) is 0 Å². The first kappa shape index (κ1) is 12.0. The number of rotatable bonds is 1. The summed E-state index contributed by atoms with van der Waals surface area (Å²) in [6.07, 6.45) is 0.730. The zero-order chi connectivity index (χ0) is 14.6. The summed E-state index contributed by atoms with van der Waals surface area (Å²) in [4.78, 5) is 25.0. The smallest absolute Gasteiger partial charge is 0.309 e. The Balaban J connectivity index is 1.88. The van der Waals surface area contributed by atoms with Crippen molar-refractivity contribution in [3.05, 3.63) is 63.1 Å². The number of nitro groups is 1. The summed E-state index contributed by atoms with van der Waals surface area (Å²) in [7, 11) is 0. The van der Waals surface area contributed by atoms with Gasteiger partial charge in [0, 0.05) is 19.2 Å². The summed E-state index contributed by atoms with van der Waals surface area (Å²) in [5.74, 6) is 0.716. The molecule has 1 unspecified atom stereocenters. The lowest BCUT2D eigenvalue weighted by Gasteiger charge is -2.36. The number of nitrogens with one attached hydrogen (secondary N) is 1. The third kappa shape index (κ3) is 1.57. The molecule has 1 N–H and O–H groups in total. The minimum atomic E-state index is -0.596. The highest BCUT2D eigenvalue weighted by molar-refractivity contribution is 6.12. The highest BCUT2D eigenvalue weighted by atomic mass is 16.6. The van der Waals surface area contributed by atoms with E-state index in [9.17, 15) is 14.9 Å². The van der Waals surface area contributed by atoms with Crippen molar-refractivity contribution < 1.29 is 14.5 Å². The van der Waals surface area contributed by atoms with Gasteiger partial charge in [-0.2, -0.15) is 0 Å². The zero-order valence-corrected chi connectivity index (χ0v) is 10.9. The minimum Gasteiger partial charge on any atom is -0.465 e. The molecule has 0 bridgehead atoms. The number of ketones is 1. The maximum atomic E-state index is 12.6. The van der Waals surface area contributed by atoms with Crippen LogP contribution in [-0.4, -0.2) is 34.9 Å². The van der Waals surface area contributed by atoms with Crippen LogP contribution in [0.2, 0.25) is 0 Å². The maximum absolute atomic E-state index is 12.6. The van der Waals surface area contributed by atoms with Crippen molar-refractivity contribution in [3.8, 4) is 5.75 Å². The molecule has 0 amide bonds. The molecule has 1 atom stereocenters. The second kappa shape index (κ2) is 4.08. The van der Waals surface area contributed by atoms with Crippen LogP contribution in [0, 0.1) is 10.1 Å². The molecule has 106 valence electrons. The van der Waals surface area contributed by atoms with E-state index in [0.717, 1.165) is 0 Å². The fourth-order valence-corrected chi connectivity index (χ4v) is 2.91. The molecular formula is C14H11N3O4. The molecule has 1 aromatic rings. The van der Waals surface area contributed by atoms with Crippen LogP contribution in [0.1, 0.15) is 10.4 Å². The molecule has 0 radical (unpaired) electrons. The lowest BCUT2D eigenvalue weighted by Crippen LogP contribution is -2.46. The molecule has 7 heteroatoms. The zero-order valence-electron chi connectivity index (χ0n) is 10.9. The summed E-state index contributed by atoms with van der Waals surface area (Å²) < 4.78 is 5.89. The Bertz CT molecular complexity index is 737. The first-order chi connectivity index (χ1) is 10.2. The molecule has 0 aromatic heterocycles. The second-order valence-electron chi connectivity index (χ2n) is 5.01. The average Bonchev–Trinajstić information content (AvgIpc) is 2.96. The van der Waals surface area contributed by atoms with E-state index >= 15 is 0 Å². The Labute approximate surface area is 119 Å². The number of nitrogens with zero attached hydrogens (tertiary/aromatic N) is 2. The normalized spacial score (nSPS) is 22.7. The number of hydrogen-bond donors (Lipinski definition) is 1. The van der Waals surface area contributed by atoms with E-state index in [1.807, 2.05) is 0 Å². The van der Waals surface area contributed by atoms with Crippen LogP contribution in [0.4, 0.5) is 0 Å². The number of benzene rings is 1. The van der Waals surface area contributed by atoms with E-state index in [1.54, 1.807) is 29.2 Å². The van der Waals surface area contributed by atoms with E-state index in [-0.39, 0.29) is 11.5 Å². The van der Waals surface area contributed by atoms with Gasteiger partial charge in [0.2, 0.25) is 6.23 Å². The molecule has 3 aliphatic heterocycles. The summed E-state index contributed by atoms with van der Waals surface area (Å²) in [5, 5.41) is 14.2. The number of hydrogen-bond acceptors (Lipinski definition) is 6. The van der Waals surface area contributed by atoms with E-state index < -0.39 is 11.2 Å². The molecule has 3 aliphatic rings. The van der Waals surface area contributed by atoms with Gasteiger partial charge in [-0.3, -0.25) is 14.9 Å². The highest BCUT2D eigenvalue weighted by Crippen LogP contribution is 2.37. The van der Waals surface area contributed by atoms with Gasteiger partial charge in [0.25, 0.3) is 0 Å². The van der Waals surface area contributed by atoms with Gasteiger partial charge >= 0.3 is 5.70 Å². The van der Waals surface area contributed by atoms with E-state index in [1.165, 1.54) is 6.08 Å². The van der Waals surface area contributed by atoms with Gasteiger partial charge in [-0.05, 0) is 12.1 Å². The molecule has 0 spiro atoms. The molecule has 7 nitrogen and oxygen atoms in total. The number of fused-ring (bicyclic) bond motifs is 4. The number of Topliss-reactive ketones (excluding diaryl/α,β-unsaturated/α-hetero) is 1. The predicted molar refractivity (Wildman–Crippen MR) is 72.0 cm³/mol. The molecule has 1 aromatic carbocycles. The van der Waals surface area contributed by atoms with E-state index in [0.29, 0.717) is 35.8 Å². The Morgan fingerprint density at radius 2 is 2.19 bits per heavy atom. The Hall–Kier alpha value is -2.83. The van der Waals surface area contributed by atoms with Crippen LogP contribution in [0.25, 0.3) is 0 Å². The summed E-state index contributed by atoms with van der Waals surface area (Å²) in [6, 6.07) is 6.95. The Kier molecular flexibility index (Phi) is 2.32. The van der Waals surface area contributed by atoms with Gasteiger partial charge in [0.1, 0.15) is 5.75 Å². The first-order valence-corrected chi connectivity index (χ1v) is 6.58. The topological polar surface area (TPSA) is 84.7 Å². The Morgan fingerprint density at radius 3 is 3.00 bits per heavy atom. The predicted octanol–water partition coefficient (Wildman–Crippen LogP) is 0.879. The second-order valence-corrected chi connectivity index (χ2v) is 5.01. The van der Waals surface area contributed by atoms with Gasteiger partial charge < -0.3 is 15.0 Å². The third-order valence-corrected chi connectivity index (χ3v) is 3.85. The average molecular weight is 285 g/mol. The summed E-state index contributed by atoms with van der Waals surface area (Å²) in [5.41, 5.74) is 0.668. The quantitative estimate of drug-likeness (QED) is 0.609. The SMILES string of the molecule is O=C1C2=CC([N+](=O)[O-])=C3NCCN3C2Oc2ccccc21. The van der Waals surface area contributed by atoms with Crippen molar-refractivity contribution in [2.75, 3.05) is 13.1 Å². The number of ether oxygens (including phenoxy) is 1. The number of para-hydroxylation sites is 1. The highest BCUT2D eigenvalue weighted by Gasteiger charge is 2.44. The van der Waals surface area contributed by atoms with Crippen molar-refractivity contribution in [1.82, 2.24) is 10.2 Å². The monoisotopic (exact) mass is 285 g/mol. The van der Waals surface area contributed by atoms with Crippen molar-refractivity contribution in [1.29, 1.82) is 0 Å². The number of carbonyl (C=O) groups is 1. The summed E-state index contributed by atoms with van der Waals surface area (Å²) in [6.45, 7) is 1.15. The van der Waals surface area contributed by atoms with Gasteiger partial charge in [-0.15, -0.1) is 0 Å². The van der Waals surface area contributed by atoms with Crippen LogP contribution >= 0.6 is 0 Å². The summed E-state index contributed by atoms with van der Waals surface area (Å²) >= 11 is 0. The van der Waals surface area contributed by atoms with Crippen LogP contribution in [-0.2, 0) is 0 Å². The van der Waals surface area contributed by atoms with Gasteiger partial charge in [-0.1, -0.05) is 12.1 Å². The van der Waals surface area contributed by atoms with Gasteiger partial charge in [0.15, 0.2) is 11.6 Å². The molecule has 21 heavy (non-hydrogen) atoms. The fraction of sp³-hybridized carbons (Fsp3) is 0.214. The largest absolute Gasteiger partial charge is 0.465 e. The molecule has 1 saturated heterocycles. The molecule has 0 saturated carbocycles. The fourth-order valence-electron chi connectivity index (χ4n) is 2.91. The maximum Gasteiger partial charge on any atom is 0.309 e. The van der Waals surface area contributed by atoms with Gasteiger partial charge in [0.05, 0.1) is 16.1 Å². The van der Waals surface area contributed by atoms with Crippen LogP contribution in [0.15, 0.2) is 47.4 Å². The Morgan fingerprint density at radius 1 is 1.38 bits per heavy atom. The molecule has 1 fully saturated rings. The standard InChI is InChI=1S/C14H11N3O4/c18-12-8-3-1-2-4-11(8)21-14-9(12)7-10(17(19)20)13-15-5-6-16(13)14/h1-4,7,14-15H,5-6H2. The van der Waals surface area contributed by atoms with Gasteiger partial charge in [-0.25, -0.2) is 0 Å². The lowest BCUT2D eigenvalue weighted by atomic mass is 9.95. The number of carbonyl (C=O) groups excluding carboxylic acids is 1. The number of allylic oxidation sites excluding steroid dienone is 1. The minimum absolute atomic E-state index is 0.0879. The van der Waals surface area contributed by atoms with Crippen LogP contribution in [0.5, 0.6) is 5.75 Å². The first-order valence-electron chi connectivity index (χ1n) is 6.58. The van der Waals surface area contributed by atoms with Crippen molar-refractivity contribution in [2.45, 2.75) is 6.23 Å². The van der Waals surface area contributed by atoms with E-state index in [2.05, 4.69) is 5.32 Å². The molecule has 3 heterocycles. The van der Waals surface area contributed by atoms with Crippen LogP contribution < -0.4 is 10.1 Å². The molecular weight excluding hydrogens is 274 g/mol. The molecule has 0 aliphatic carbocycles.